The fraction of sp³-hybridized carbons (Fsp3) is 0.423. The summed E-state index contributed by atoms with van der Waals surface area (Å²) in [5, 5.41) is 7.89. The molecule has 2 aromatic heterocycles. The van der Waals surface area contributed by atoms with Crippen molar-refractivity contribution >= 4 is 17.2 Å². The van der Waals surface area contributed by atoms with Crippen molar-refractivity contribution < 1.29 is 9.53 Å². The van der Waals surface area contributed by atoms with Crippen LogP contribution >= 0.6 is 0 Å². The van der Waals surface area contributed by atoms with Crippen LogP contribution in [0.3, 0.4) is 0 Å². The molecule has 0 amide bonds. The minimum atomic E-state index is 0.122. The van der Waals surface area contributed by atoms with E-state index in [2.05, 4.69) is 52.5 Å². The first-order valence-corrected chi connectivity index (χ1v) is 11.7. The Morgan fingerprint density at radius 2 is 2.00 bits per heavy atom. The lowest BCUT2D eigenvalue weighted by atomic mass is 10.1. The van der Waals surface area contributed by atoms with E-state index in [4.69, 9.17) is 4.74 Å². The van der Waals surface area contributed by atoms with Gasteiger partial charge in [-0.25, -0.2) is 9.50 Å². The Labute approximate surface area is 203 Å². The summed E-state index contributed by atoms with van der Waals surface area (Å²) < 4.78 is 7.60. The van der Waals surface area contributed by atoms with E-state index in [1.54, 1.807) is 17.5 Å². The molecule has 3 heterocycles. The molecule has 0 saturated carbocycles. The van der Waals surface area contributed by atoms with Crippen molar-refractivity contribution in [3.05, 3.63) is 61.3 Å². The number of carbonyl (C=O) groups excluding carboxylic acids is 1. The molecule has 1 N–H and O–H groups in total. The zero-order valence-corrected chi connectivity index (χ0v) is 21.1. The second-order valence-electron chi connectivity index (χ2n) is 8.05. The summed E-state index contributed by atoms with van der Waals surface area (Å²) in [7, 11) is 4.27. The standard InChI is InChI=1S/C22H28N6O2.C2H6.C2H4/c1-16(29)11-17-5-4-6-19(12-17)30-22-8-7-21-24-20(14-28(21)25-22)23-15-27-10-9-18(13-27)26(2)3;2*1-2/h4-8,12,14,18,23H,9-11,13,15H2,1-3H3;1-2H3;1-2H2. The molecule has 1 aromatic carbocycles. The highest BCUT2D eigenvalue weighted by Crippen LogP contribution is 2.22. The number of ether oxygens (including phenoxy) is 1. The summed E-state index contributed by atoms with van der Waals surface area (Å²) in [5.41, 5.74) is 1.68. The van der Waals surface area contributed by atoms with Gasteiger partial charge < -0.3 is 15.0 Å². The molecule has 34 heavy (non-hydrogen) atoms. The summed E-state index contributed by atoms with van der Waals surface area (Å²) in [6.07, 6.45) is 3.45. The SMILES string of the molecule is C=C.CC.CC(=O)Cc1cccc(Oc2ccc3nc(NCN4CCC(N(C)C)C4)cn3n2)c1. The van der Waals surface area contributed by atoms with Crippen molar-refractivity contribution in [2.75, 3.05) is 39.2 Å². The van der Waals surface area contributed by atoms with E-state index in [9.17, 15) is 4.79 Å². The highest BCUT2D eigenvalue weighted by Gasteiger charge is 2.23. The lowest BCUT2D eigenvalue weighted by molar-refractivity contribution is -0.116. The van der Waals surface area contributed by atoms with E-state index in [0.717, 1.165) is 36.8 Å². The molecule has 184 valence electrons. The van der Waals surface area contributed by atoms with Crippen LogP contribution in [0.1, 0.15) is 32.8 Å². The van der Waals surface area contributed by atoms with Gasteiger partial charge >= 0.3 is 0 Å². The van der Waals surface area contributed by atoms with Crippen LogP contribution in [-0.4, -0.2) is 70.1 Å². The number of ketones is 1. The quantitative estimate of drug-likeness (QED) is 0.490. The second-order valence-corrected chi connectivity index (χ2v) is 8.05. The molecule has 3 aromatic rings. The highest BCUT2D eigenvalue weighted by molar-refractivity contribution is 5.78. The van der Waals surface area contributed by atoms with Gasteiger partial charge in [-0.2, -0.15) is 0 Å². The van der Waals surface area contributed by atoms with Crippen LogP contribution in [0, 0.1) is 0 Å². The Kier molecular flexibility index (Phi) is 10.7. The Morgan fingerprint density at radius 3 is 2.68 bits per heavy atom. The fourth-order valence-electron chi connectivity index (χ4n) is 3.70. The number of aromatic nitrogens is 3. The zero-order valence-electron chi connectivity index (χ0n) is 21.1. The van der Waals surface area contributed by atoms with Crippen LogP contribution in [0.15, 0.2) is 55.8 Å². The monoisotopic (exact) mass is 466 g/mol. The Balaban J connectivity index is 0.000000970. The van der Waals surface area contributed by atoms with Gasteiger partial charge in [0.05, 0.1) is 12.9 Å². The van der Waals surface area contributed by atoms with E-state index in [1.807, 2.05) is 50.4 Å². The first kappa shape index (κ1) is 27.0. The lowest BCUT2D eigenvalue weighted by Crippen LogP contribution is -2.33. The van der Waals surface area contributed by atoms with Crippen LogP contribution in [0.25, 0.3) is 5.65 Å². The van der Waals surface area contributed by atoms with Crippen LogP contribution in [0.5, 0.6) is 11.6 Å². The van der Waals surface area contributed by atoms with E-state index < -0.39 is 0 Å². The molecule has 0 bridgehead atoms. The number of fused-ring (bicyclic) bond motifs is 1. The number of likely N-dealkylation sites (N-methyl/N-ethyl adjacent to an activating group) is 1. The molecule has 0 spiro atoms. The minimum absolute atomic E-state index is 0.122. The fourth-order valence-corrected chi connectivity index (χ4v) is 3.70. The minimum Gasteiger partial charge on any atom is -0.438 e. The number of benzene rings is 1. The molecule has 0 aliphatic carbocycles. The topological polar surface area (TPSA) is 75.0 Å². The molecule has 1 aliphatic heterocycles. The first-order chi connectivity index (χ1) is 16.5. The van der Waals surface area contributed by atoms with Gasteiger partial charge in [-0.15, -0.1) is 18.3 Å². The van der Waals surface area contributed by atoms with Gasteiger partial charge in [0, 0.05) is 31.6 Å². The second kappa shape index (κ2) is 13.5. The summed E-state index contributed by atoms with van der Waals surface area (Å²) in [6.45, 7) is 14.5. The van der Waals surface area contributed by atoms with Crippen LogP contribution in [-0.2, 0) is 11.2 Å². The smallest absolute Gasteiger partial charge is 0.237 e. The average molecular weight is 467 g/mol. The number of nitrogens with one attached hydrogen (secondary N) is 1. The maximum atomic E-state index is 11.3. The van der Waals surface area contributed by atoms with E-state index in [1.165, 1.54) is 6.42 Å². The van der Waals surface area contributed by atoms with Gasteiger partial charge in [-0.1, -0.05) is 26.0 Å². The molecule has 1 atom stereocenters. The van der Waals surface area contributed by atoms with Gasteiger partial charge in [0.2, 0.25) is 5.88 Å². The highest BCUT2D eigenvalue weighted by atomic mass is 16.5. The van der Waals surface area contributed by atoms with Crippen LogP contribution in [0.2, 0.25) is 0 Å². The summed E-state index contributed by atoms with van der Waals surface area (Å²) in [4.78, 5) is 20.6. The van der Waals surface area contributed by atoms with Crippen molar-refractivity contribution in [3.8, 4) is 11.6 Å². The zero-order chi connectivity index (χ0) is 25.1. The van der Waals surface area contributed by atoms with Crippen molar-refractivity contribution in [2.45, 2.75) is 39.7 Å². The number of nitrogens with zero attached hydrogens (tertiary/aromatic N) is 5. The van der Waals surface area contributed by atoms with Crippen LogP contribution in [0.4, 0.5) is 5.82 Å². The van der Waals surface area contributed by atoms with Crippen molar-refractivity contribution in [1.82, 2.24) is 24.4 Å². The molecule has 8 heteroatoms. The number of likely N-dealkylation sites (tertiary alicyclic amines) is 1. The molecule has 1 fully saturated rings. The van der Waals surface area contributed by atoms with Gasteiger partial charge in [0.1, 0.15) is 17.4 Å². The number of Topliss-reactive ketones (excluding diaryl/α,β-unsaturated/α-hetero) is 1. The largest absolute Gasteiger partial charge is 0.438 e. The summed E-state index contributed by atoms with van der Waals surface area (Å²) >= 11 is 0. The normalized spacial score (nSPS) is 15.3. The maximum absolute atomic E-state index is 11.3. The lowest BCUT2D eigenvalue weighted by Gasteiger charge is -2.20. The molecule has 8 nitrogen and oxygen atoms in total. The first-order valence-electron chi connectivity index (χ1n) is 11.7. The third-order valence-electron chi connectivity index (χ3n) is 5.33. The molecular weight excluding hydrogens is 428 g/mol. The summed E-state index contributed by atoms with van der Waals surface area (Å²) in [6, 6.07) is 11.8. The number of imidazole rings is 1. The number of hydrogen-bond acceptors (Lipinski definition) is 7. The third kappa shape index (κ3) is 7.67. The van der Waals surface area contributed by atoms with Gasteiger partial charge in [-0.3, -0.25) is 9.69 Å². The molecule has 0 radical (unpaired) electrons. The Bertz CT molecular complexity index is 1050. The van der Waals surface area contributed by atoms with Gasteiger partial charge in [-0.05, 0) is 51.2 Å². The number of hydrogen-bond donors (Lipinski definition) is 1. The van der Waals surface area contributed by atoms with E-state index in [-0.39, 0.29) is 5.78 Å². The third-order valence-corrected chi connectivity index (χ3v) is 5.33. The van der Waals surface area contributed by atoms with E-state index in [0.29, 0.717) is 24.1 Å². The molecular formula is C26H38N6O2. The van der Waals surface area contributed by atoms with E-state index >= 15 is 0 Å². The molecule has 1 unspecified atom stereocenters. The van der Waals surface area contributed by atoms with Gasteiger partial charge in [0.15, 0.2) is 5.65 Å². The maximum Gasteiger partial charge on any atom is 0.237 e. The summed E-state index contributed by atoms with van der Waals surface area (Å²) in [5.74, 6) is 2.04. The van der Waals surface area contributed by atoms with Crippen molar-refractivity contribution in [1.29, 1.82) is 0 Å². The molecule has 4 rings (SSSR count). The Morgan fingerprint density at radius 1 is 1.24 bits per heavy atom. The number of anilines is 1. The molecule has 1 saturated heterocycles. The van der Waals surface area contributed by atoms with Crippen LogP contribution < -0.4 is 10.1 Å². The van der Waals surface area contributed by atoms with Gasteiger partial charge in [0.25, 0.3) is 0 Å². The number of carbonyl (C=O) groups is 1. The molecule has 1 aliphatic rings. The average Bonchev–Trinajstić information content (AvgIpc) is 3.47. The van der Waals surface area contributed by atoms with Crippen molar-refractivity contribution in [3.63, 3.8) is 0 Å². The van der Waals surface area contributed by atoms with Crippen molar-refractivity contribution in [2.24, 2.45) is 0 Å². The predicted octanol–water partition coefficient (Wildman–Crippen LogP) is 4.49. The predicted molar refractivity (Wildman–Crippen MR) is 139 cm³/mol. The number of rotatable bonds is 8. The Hall–Kier alpha value is -3.23.